The second kappa shape index (κ2) is 21.5. The highest BCUT2D eigenvalue weighted by Gasteiger charge is 2.60. The van der Waals surface area contributed by atoms with Crippen LogP contribution in [0.15, 0.2) is 0 Å². The van der Waals surface area contributed by atoms with Crippen molar-refractivity contribution in [2.24, 2.45) is 0 Å². The van der Waals surface area contributed by atoms with Gasteiger partial charge in [-0.25, -0.2) is 22.1 Å². The summed E-state index contributed by atoms with van der Waals surface area (Å²) >= 11 is 0. The average Bonchev–Trinajstić information content (AvgIpc) is 3.16. The number of carbonyl (C=O) groups is 4. The molecule has 4 saturated heterocycles. The zero-order valence-corrected chi connectivity index (χ0v) is 35.2. The molecule has 0 aromatic rings. The van der Waals surface area contributed by atoms with Gasteiger partial charge in [-0.05, 0) is 0 Å². The van der Waals surface area contributed by atoms with Crippen LogP contribution in [0.2, 0.25) is 0 Å². The van der Waals surface area contributed by atoms with Crippen LogP contribution in [-0.2, 0) is 96.1 Å². The van der Waals surface area contributed by atoms with E-state index in [1.54, 1.807) is 0 Å². The molecule has 4 aliphatic heterocycles. The fourth-order valence-corrected chi connectivity index (χ4v) is 8.54. The maximum Gasteiger partial charge on any atom is 0.397 e. The molecule has 65 heavy (non-hydrogen) atoms. The maximum absolute atomic E-state index is 12.8. The molecule has 4 aliphatic rings. The number of aliphatic hydroxyl groups excluding tert-OH is 7. The van der Waals surface area contributed by atoms with Gasteiger partial charge < -0.3 is 89.8 Å². The Balaban J connectivity index is 1.84. The summed E-state index contributed by atoms with van der Waals surface area (Å²) in [5.41, 5.74) is 0. The van der Waals surface area contributed by atoms with Gasteiger partial charge in [-0.3, -0.25) is 23.2 Å². The minimum absolute atomic E-state index is 0.749. The van der Waals surface area contributed by atoms with Gasteiger partial charge in [-0.2, -0.15) is 25.3 Å². The molecule has 0 bridgehead atoms. The van der Waals surface area contributed by atoms with Gasteiger partial charge in [0, 0.05) is 13.8 Å². The van der Waals surface area contributed by atoms with E-state index in [1.165, 1.54) is 0 Å². The molecule has 0 radical (unpaired) electrons. The Morgan fingerprint density at radius 3 is 1.34 bits per heavy atom. The molecule has 4 heterocycles. The average molecular weight is 1020 g/mol. The molecule has 34 nitrogen and oxygen atoms in total. The van der Waals surface area contributed by atoms with Crippen molar-refractivity contribution in [2.75, 3.05) is 13.2 Å². The quantitative estimate of drug-likeness (QED) is 0.0567. The van der Waals surface area contributed by atoms with Crippen molar-refractivity contribution in [3.8, 4) is 0 Å². The molecule has 14 N–H and O–H groups in total. The predicted octanol–water partition coefficient (Wildman–Crippen LogP) is -9.80. The fourth-order valence-electron chi connectivity index (χ4n) is 7.01. The van der Waals surface area contributed by atoms with Crippen LogP contribution in [0, 0.1) is 0 Å². The molecule has 37 heteroatoms. The monoisotopic (exact) mass is 1020 g/mol. The molecule has 0 spiro atoms. The van der Waals surface area contributed by atoms with E-state index in [0.717, 1.165) is 13.8 Å². The van der Waals surface area contributed by atoms with E-state index < -0.39 is 191 Å². The minimum Gasteiger partial charge on any atom is -0.479 e. The first kappa shape index (κ1) is 54.5. The molecule has 0 aromatic heterocycles. The molecule has 4 rings (SSSR count). The van der Waals surface area contributed by atoms with Crippen molar-refractivity contribution in [1.82, 2.24) is 10.6 Å². The summed E-state index contributed by atoms with van der Waals surface area (Å²) in [6.07, 6.45) is -44.9. The van der Waals surface area contributed by atoms with E-state index in [1.807, 2.05) is 5.32 Å². The summed E-state index contributed by atoms with van der Waals surface area (Å²) < 4.78 is 152. The number of hydrogen-bond acceptors (Lipinski definition) is 27. The summed E-state index contributed by atoms with van der Waals surface area (Å²) in [4.78, 5) is 49.3. The number of aliphatic carboxylic acids is 2. The molecule has 0 aliphatic carbocycles. The van der Waals surface area contributed by atoms with Crippen LogP contribution in [0.1, 0.15) is 13.8 Å². The molecule has 376 valence electrons. The van der Waals surface area contributed by atoms with Gasteiger partial charge in [0.15, 0.2) is 37.4 Å². The third kappa shape index (κ3) is 13.8. The fraction of sp³-hybridized carbons (Fsp3) is 0.857. The van der Waals surface area contributed by atoms with Crippen LogP contribution in [0.3, 0.4) is 0 Å². The highest BCUT2D eigenvalue weighted by atomic mass is 32.3. The van der Waals surface area contributed by atoms with Gasteiger partial charge in [0.05, 0.1) is 13.2 Å². The highest BCUT2D eigenvalue weighted by Crippen LogP contribution is 2.37. The number of nitrogens with one attached hydrogen (secondary N) is 2. The van der Waals surface area contributed by atoms with E-state index in [0.29, 0.717) is 0 Å². The Hall–Kier alpha value is -3.07. The Morgan fingerprint density at radius 2 is 0.892 bits per heavy atom. The van der Waals surface area contributed by atoms with E-state index >= 15 is 0 Å². The number of ether oxygens (including phenoxy) is 7. The summed E-state index contributed by atoms with van der Waals surface area (Å²) in [5, 5.41) is 97.4. The molecule has 1 unspecified atom stereocenters. The lowest BCUT2D eigenvalue weighted by Gasteiger charge is -2.50. The molecule has 0 saturated carbocycles. The maximum atomic E-state index is 12.8. The third-order valence-corrected chi connectivity index (χ3v) is 11.0. The first-order valence-electron chi connectivity index (χ1n) is 18.0. The molecule has 0 aromatic carbocycles. The number of aliphatic hydroxyl groups is 7. The van der Waals surface area contributed by atoms with Gasteiger partial charge in [-0.15, -0.1) is 0 Å². The van der Waals surface area contributed by atoms with E-state index in [9.17, 15) is 104 Å². The van der Waals surface area contributed by atoms with Crippen LogP contribution in [-0.4, -0.2) is 245 Å². The Labute approximate surface area is 364 Å². The molecule has 2 amide bonds. The van der Waals surface area contributed by atoms with Crippen molar-refractivity contribution in [3.63, 3.8) is 0 Å². The number of carboxylic acids is 2. The van der Waals surface area contributed by atoms with Gasteiger partial charge >= 0.3 is 43.1 Å². The minimum atomic E-state index is -5.91. The SMILES string of the molecule is CC(=O)N[C@H]1[C@H](O[C@H]2[C@H](OS(=O)(=O)O)[C@@H](O)[C@H](O[C@H]3[C@@H](OS(=O)(=O)O)[C@@H](CO)OC(O)[C@@H]3NC(C)=O)O[C@@H]2C(=O)O)O[C@H](CO)[C@H](OS(=O)(=O)O)[C@@H]1O[C@@H]1O[C@H](C(=O)O)[C@@H](O)[C@H](O)[C@H]1O. The van der Waals surface area contributed by atoms with Crippen LogP contribution in [0.25, 0.3) is 0 Å². The zero-order valence-electron chi connectivity index (χ0n) is 32.7. The Bertz CT molecular complexity index is 2040. The number of carboxylic acid groups (broad SMARTS) is 2. The lowest BCUT2D eigenvalue weighted by atomic mass is 9.94. The van der Waals surface area contributed by atoms with E-state index in [2.05, 4.69) is 17.9 Å². The van der Waals surface area contributed by atoms with Gasteiger partial charge in [0.1, 0.15) is 85.3 Å². The topological polar surface area (TPSA) is 530 Å². The predicted molar refractivity (Wildman–Crippen MR) is 189 cm³/mol. The number of amides is 2. The molecule has 20 atom stereocenters. The lowest BCUT2D eigenvalue weighted by Crippen LogP contribution is -2.71. The summed E-state index contributed by atoms with van der Waals surface area (Å²) in [6.45, 7) is -1.09. The Kier molecular flexibility index (Phi) is 18.0. The highest BCUT2D eigenvalue weighted by molar-refractivity contribution is 7.81. The van der Waals surface area contributed by atoms with Gasteiger partial charge in [0.25, 0.3) is 0 Å². The second-order valence-corrected chi connectivity index (χ2v) is 17.3. The molecule has 4 fully saturated rings. The van der Waals surface area contributed by atoms with Crippen molar-refractivity contribution in [3.05, 3.63) is 0 Å². The third-order valence-electron chi connectivity index (χ3n) is 9.56. The lowest BCUT2D eigenvalue weighted by molar-refractivity contribution is -0.365. The summed E-state index contributed by atoms with van der Waals surface area (Å²) in [6, 6.07) is -4.36. The molecular formula is C28H44N2O32S3. The Morgan fingerprint density at radius 1 is 0.492 bits per heavy atom. The smallest absolute Gasteiger partial charge is 0.397 e. The van der Waals surface area contributed by atoms with Crippen LogP contribution in [0.4, 0.5) is 0 Å². The number of carbonyl (C=O) groups excluding carboxylic acids is 2. The summed E-state index contributed by atoms with van der Waals surface area (Å²) in [7, 11) is -17.2. The van der Waals surface area contributed by atoms with Crippen LogP contribution < -0.4 is 10.6 Å². The van der Waals surface area contributed by atoms with E-state index in [-0.39, 0.29) is 0 Å². The van der Waals surface area contributed by atoms with Crippen LogP contribution in [0.5, 0.6) is 0 Å². The van der Waals surface area contributed by atoms with Gasteiger partial charge in [-0.1, -0.05) is 0 Å². The standard InChI is InChI=1S/C28H44N2O32S3/c1-5(33)29-9-17(15(60-63(44,45)46)7(3-31)53-25(9)43)55-28-14(38)19(62-65(50,51)52)21(22(59-28)24(41)42)58-26-10(30-6(2)34)18(16(8(4-32)54-26)61-64(47,48)49)56-27-13(37)11(35)12(36)20(57-27)23(39)40/h7-22,25-28,31-32,35-38,43H,3-4H2,1-2H3,(H,29,33)(H,30,34)(H,39,40)(H,41,42)(H,44,45,46)(H,47,48,49)(H,50,51,52)/t7-,8-,9-,10-,11+,12+,13-,14-,15+,16+,17-,18-,19-,20+,21+,22+,25?,26+,27-,28-/m1/s1. The van der Waals surface area contributed by atoms with Gasteiger partial charge in [0.2, 0.25) is 11.8 Å². The van der Waals surface area contributed by atoms with Crippen molar-refractivity contribution < 1.29 is 150 Å². The number of hydrogen-bond donors (Lipinski definition) is 14. The second-order valence-electron chi connectivity index (χ2n) is 14.2. The first-order valence-corrected chi connectivity index (χ1v) is 22.1. The van der Waals surface area contributed by atoms with Crippen molar-refractivity contribution >= 4 is 54.9 Å². The normalized spacial score (nSPS) is 40.7. The zero-order chi connectivity index (χ0) is 49.3. The summed E-state index contributed by atoms with van der Waals surface area (Å²) in [5.74, 6) is -6.41. The first-order chi connectivity index (χ1) is 29.9. The van der Waals surface area contributed by atoms with E-state index in [4.69, 9.17) is 33.2 Å². The largest absolute Gasteiger partial charge is 0.479 e. The van der Waals surface area contributed by atoms with Crippen LogP contribution >= 0.6 is 0 Å². The van der Waals surface area contributed by atoms with Crippen molar-refractivity contribution in [1.29, 1.82) is 0 Å². The van der Waals surface area contributed by atoms with Crippen molar-refractivity contribution in [2.45, 2.75) is 137 Å². The number of rotatable bonds is 18. The molecular weight excluding hydrogens is 972 g/mol.